The van der Waals surface area contributed by atoms with Crippen molar-refractivity contribution in [2.75, 3.05) is 5.75 Å². The van der Waals surface area contributed by atoms with E-state index in [2.05, 4.69) is 9.97 Å². The summed E-state index contributed by atoms with van der Waals surface area (Å²) in [4.78, 5) is 19.8. The Morgan fingerprint density at radius 3 is 2.67 bits per heavy atom. The molecule has 0 N–H and O–H groups in total. The van der Waals surface area contributed by atoms with Gasteiger partial charge in [-0.1, -0.05) is 0 Å². The number of nitrogens with zero attached hydrogens (tertiary/aromatic N) is 2. The van der Waals surface area contributed by atoms with E-state index in [0.717, 1.165) is 5.03 Å². The predicted molar refractivity (Wildman–Crippen MR) is 68.1 cm³/mol. The third-order valence-electron chi connectivity index (χ3n) is 2.28. The van der Waals surface area contributed by atoms with Gasteiger partial charge in [-0.15, -0.1) is 11.8 Å². The molecule has 3 nitrogen and oxygen atoms in total. The van der Waals surface area contributed by atoms with Gasteiger partial charge in [-0.05, 0) is 24.3 Å². The molecule has 0 amide bonds. The van der Waals surface area contributed by atoms with Crippen molar-refractivity contribution < 1.29 is 9.18 Å². The van der Waals surface area contributed by atoms with Crippen molar-refractivity contribution in [1.29, 1.82) is 0 Å². The van der Waals surface area contributed by atoms with E-state index in [1.165, 1.54) is 36.0 Å². The van der Waals surface area contributed by atoms with Gasteiger partial charge in [-0.25, -0.2) is 9.37 Å². The van der Waals surface area contributed by atoms with E-state index < -0.39 is 0 Å². The number of aromatic nitrogens is 2. The molecule has 0 spiro atoms. The highest BCUT2D eigenvalue weighted by molar-refractivity contribution is 7.99. The first-order chi connectivity index (χ1) is 8.75. The topological polar surface area (TPSA) is 42.9 Å². The highest BCUT2D eigenvalue weighted by Crippen LogP contribution is 2.15. The van der Waals surface area contributed by atoms with Crippen molar-refractivity contribution in [2.45, 2.75) is 11.4 Å². The van der Waals surface area contributed by atoms with Gasteiger partial charge in [-0.3, -0.25) is 9.78 Å². The number of hydrogen-bond donors (Lipinski definition) is 0. The molecule has 0 fully saturated rings. The minimum Gasteiger partial charge on any atom is -0.294 e. The minimum atomic E-state index is -0.333. The lowest BCUT2D eigenvalue weighted by molar-refractivity contribution is 0.0989. The Kier molecular flexibility index (Phi) is 4.41. The predicted octanol–water partition coefficient (Wildman–Crippen LogP) is 2.98. The Hall–Kier alpha value is -1.75. The van der Waals surface area contributed by atoms with E-state index in [4.69, 9.17) is 0 Å². The summed E-state index contributed by atoms with van der Waals surface area (Å²) >= 11 is 1.48. The van der Waals surface area contributed by atoms with Crippen molar-refractivity contribution in [3.8, 4) is 0 Å². The van der Waals surface area contributed by atoms with Crippen LogP contribution in [0.4, 0.5) is 4.39 Å². The minimum absolute atomic E-state index is 0.00592. The van der Waals surface area contributed by atoms with Gasteiger partial charge in [0.1, 0.15) is 10.8 Å². The summed E-state index contributed by atoms with van der Waals surface area (Å²) in [6, 6.07) is 5.60. The zero-order chi connectivity index (χ0) is 12.8. The number of hydrogen-bond acceptors (Lipinski definition) is 4. The smallest absolute Gasteiger partial charge is 0.163 e. The van der Waals surface area contributed by atoms with E-state index in [-0.39, 0.29) is 11.6 Å². The van der Waals surface area contributed by atoms with Crippen LogP contribution in [0.2, 0.25) is 0 Å². The molecule has 0 aliphatic heterocycles. The van der Waals surface area contributed by atoms with Crippen molar-refractivity contribution >= 4 is 17.5 Å². The van der Waals surface area contributed by atoms with E-state index in [9.17, 15) is 9.18 Å². The van der Waals surface area contributed by atoms with E-state index in [0.29, 0.717) is 17.7 Å². The lowest BCUT2D eigenvalue weighted by atomic mass is 10.1. The van der Waals surface area contributed by atoms with Crippen molar-refractivity contribution in [2.24, 2.45) is 0 Å². The van der Waals surface area contributed by atoms with E-state index in [1.807, 2.05) is 0 Å². The maximum absolute atomic E-state index is 12.7. The van der Waals surface area contributed by atoms with Gasteiger partial charge in [0, 0.05) is 30.1 Å². The summed E-state index contributed by atoms with van der Waals surface area (Å²) in [5.74, 6) is 0.307. The summed E-state index contributed by atoms with van der Waals surface area (Å²) in [7, 11) is 0. The average molecular weight is 262 g/mol. The SMILES string of the molecule is O=C(CCSc1cnccn1)c1ccc(F)cc1. The summed E-state index contributed by atoms with van der Waals surface area (Å²) < 4.78 is 12.7. The molecule has 0 bridgehead atoms. The Morgan fingerprint density at radius 1 is 1.22 bits per heavy atom. The first kappa shape index (κ1) is 12.7. The second-order valence-corrected chi connectivity index (χ2v) is 4.69. The van der Waals surface area contributed by atoms with Crippen LogP contribution in [-0.2, 0) is 0 Å². The van der Waals surface area contributed by atoms with Gasteiger partial charge in [0.15, 0.2) is 5.78 Å². The van der Waals surface area contributed by atoms with Crippen LogP contribution in [0, 0.1) is 5.82 Å². The summed E-state index contributed by atoms with van der Waals surface area (Å²) in [6.07, 6.45) is 5.28. The van der Waals surface area contributed by atoms with Crippen molar-refractivity contribution in [3.05, 3.63) is 54.2 Å². The lowest BCUT2D eigenvalue weighted by Gasteiger charge is -2.01. The largest absolute Gasteiger partial charge is 0.294 e. The molecule has 0 saturated carbocycles. The second-order valence-electron chi connectivity index (χ2n) is 3.57. The Balaban J connectivity index is 1.84. The molecular weight excluding hydrogens is 251 g/mol. The fourth-order valence-corrected chi connectivity index (χ4v) is 2.16. The highest BCUT2D eigenvalue weighted by Gasteiger charge is 2.06. The van der Waals surface area contributed by atoms with Gasteiger partial charge in [0.05, 0.1) is 6.20 Å². The summed E-state index contributed by atoms with van der Waals surface area (Å²) in [6.45, 7) is 0. The fraction of sp³-hybridized carbons (Fsp3) is 0.154. The number of ketones is 1. The number of benzene rings is 1. The Bertz CT molecular complexity index is 516. The van der Waals surface area contributed by atoms with Crippen LogP contribution < -0.4 is 0 Å². The van der Waals surface area contributed by atoms with Gasteiger partial charge in [0.25, 0.3) is 0 Å². The van der Waals surface area contributed by atoms with Crippen LogP contribution in [0.1, 0.15) is 16.8 Å². The first-order valence-electron chi connectivity index (χ1n) is 5.43. The van der Waals surface area contributed by atoms with Crippen molar-refractivity contribution in [1.82, 2.24) is 9.97 Å². The number of thioether (sulfide) groups is 1. The molecule has 0 aliphatic carbocycles. The van der Waals surface area contributed by atoms with Gasteiger partial charge in [-0.2, -0.15) is 0 Å². The highest BCUT2D eigenvalue weighted by atomic mass is 32.2. The van der Waals surface area contributed by atoms with Gasteiger partial charge in [0.2, 0.25) is 0 Å². The summed E-state index contributed by atoms with van der Waals surface area (Å²) in [5.41, 5.74) is 0.538. The van der Waals surface area contributed by atoms with Crippen LogP contribution in [0.3, 0.4) is 0 Å². The molecular formula is C13H11FN2OS. The normalized spacial score (nSPS) is 10.3. The zero-order valence-electron chi connectivity index (χ0n) is 9.54. The molecule has 92 valence electrons. The lowest BCUT2D eigenvalue weighted by Crippen LogP contribution is -2.00. The third-order valence-corrected chi connectivity index (χ3v) is 3.20. The molecule has 2 rings (SSSR count). The van der Waals surface area contributed by atoms with Crippen LogP contribution in [0.15, 0.2) is 47.9 Å². The molecule has 1 heterocycles. The molecule has 0 aliphatic rings. The second kappa shape index (κ2) is 6.26. The number of rotatable bonds is 5. The molecule has 0 unspecified atom stereocenters. The monoisotopic (exact) mass is 262 g/mol. The average Bonchev–Trinajstić information content (AvgIpc) is 2.40. The quantitative estimate of drug-likeness (QED) is 0.613. The van der Waals surface area contributed by atoms with Crippen LogP contribution >= 0.6 is 11.8 Å². The zero-order valence-corrected chi connectivity index (χ0v) is 10.4. The van der Waals surface area contributed by atoms with Gasteiger partial charge >= 0.3 is 0 Å². The fourth-order valence-electron chi connectivity index (χ4n) is 1.39. The molecule has 1 aromatic carbocycles. The number of Topliss-reactive ketones (excluding diaryl/α,β-unsaturated/α-hetero) is 1. The molecule has 0 atom stereocenters. The number of halogens is 1. The molecule has 18 heavy (non-hydrogen) atoms. The number of carbonyl (C=O) groups is 1. The Morgan fingerprint density at radius 2 is 2.00 bits per heavy atom. The maximum Gasteiger partial charge on any atom is 0.163 e. The maximum atomic E-state index is 12.7. The molecule has 0 saturated heterocycles. The molecule has 0 radical (unpaired) electrons. The Labute approximate surface area is 108 Å². The van der Waals surface area contributed by atoms with Crippen LogP contribution in [0.5, 0.6) is 0 Å². The number of carbonyl (C=O) groups excluding carboxylic acids is 1. The summed E-state index contributed by atoms with van der Waals surface area (Å²) in [5, 5.41) is 0.796. The van der Waals surface area contributed by atoms with Gasteiger partial charge < -0.3 is 0 Å². The molecule has 1 aromatic heterocycles. The standard InChI is InChI=1S/C13H11FN2OS/c14-11-3-1-10(2-4-11)12(17)5-8-18-13-9-15-6-7-16-13/h1-4,6-7,9H,5,8H2. The van der Waals surface area contributed by atoms with Crippen LogP contribution in [-0.4, -0.2) is 21.5 Å². The molecule has 5 heteroatoms. The third kappa shape index (κ3) is 3.63. The van der Waals surface area contributed by atoms with Crippen molar-refractivity contribution in [3.63, 3.8) is 0 Å². The first-order valence-corrected chi connectivity index (χ1v) is 6.42. The van der Waals surface area contributed by atoms with E-state index >= 15 is 0 Å². The van der Waals surface area contributed by atoms with E-state index in [1.54, 1.807) is 18.6 Å². The van der Waals surface area contributed by atoms with Crippen LogP contribution in [0.25, 0.3) is 0 Å². The molecule has 2 aromatic rings.